The summed E-state index contributed by atoms with van der Waals surface area (Å²) in [6, 6.07) is 8.90. The monoisotopic (exact) mass is 486 g/mol. The van der Waals surface area contributed by atoms with Gasteiger partial charge in [0.15, 0.2) is 14.6 Å². The van der Waals surface area contributed by atoms with E-state index in [0.717, 1.165) is 17.6 Å². The van der Waals surface area contributed by atoms with E-state index in [2.05, 4.69) is 4.99 Å². The van der Waals surface area contributed by atoms with Crippen molar-refractivity contribution in [3.05, 3.63) is 56.8 Å². The molecule has 1 heterocycles. The molecular formula is C19H16Cl2N2O5S2. The Bertz CT molecular complexity index is 1330. The van der Waals surface area contributed by atoms with Crippen LogP contribution >= 0.6 is 34.5 Å². The van der Waals surface area contributed by atoms with Crippen LogP contribution in [-0.4, -0.2) is 37.7 Å². The van der Waals surface area contributed by atoms with Gasteiger partial charge in [0.25, 0.3) is 5.91 Å². The fourth-order valence-corrected chi connectivity index (χ4v) is 4.95. The lowest BCUT2D eigenvalue weighted by atomic mass is 10.2. The first-order valence-corrected chi connectivity index (χ1v) is 12.1. The van der Waals surface area contributed by atoms with Gasteiger partial charge in [-0.1, -0.05) is 34.5 Å². The van der Waals surface area contributed by atoms with E-state index in [0.29, 0.717) is 15.2 Å². The predicted octanol–water partition coefficient (Wildman–Crippen LogP) is 3.72. The number of carbonyl (C=O) groups is 2. The molecule has 30 heavy (non-hydrogen) atoms. The van der Waals surface area contributed by atoms with Gasteiger partial charge in [0.1, 0.15) is 6.54 Å². The van der Waals surface area contributed by atoms with Crippen LogP contribution in [0.2, 0.25) is 10.0 Å². The van der Waals surface area contributed by atoms with Gasteiger partial charge >= 0.3 is 5.97 Å². The molecule has 1 aromatic heterocycles. The largest absolute Gasteiger partial charge is 0.465 e. The van der Waals surface area contributed by atoms with Crippen LogP contribution in [0.15, 0.2) is 46.3 Å². The van der Waals surface area contributed by atoms with Crippen LogP contribution in [0.3, 0.4) is 0 Å². The molecule has 3 rings (SSSR count). The first kappa shape index (κ1) is 22.5. The molecule has 3 aromatic rings. The fraction of sp³-hybridized carbons (Fsp3) is 0.211. The SMILES string of the molecule is CCOC(=O)Cn1c(=NC(=O)c2ccc(Cl)cc2Cl)sc2cc(S(C)(=O)=O)ccc21. The highest BCUT2D eigenvalue weighted by atomic mass is 35.5. The number of rotatable bonds is 5. The molecule has 0 unspecified atom stereocenters. The Kier molecular flexibility index (Phi) is 6.66. The second-order valence-corrected chi connectivity index (χ2v) is 10.1. The molecule has 0 aliphatic rings. The number of hydrogen-bond donors (Lipinski definition) is 0. The number of benzene rings is 2. The normalized spacial score (nSPS) is 12.3. The molecule has 158 valence electrons. The molecule has 1 amide bonds. The molecule has 11 heteroatoms. The minimum absolute atomic E-state index is 0.123. The lowest BCUT2D eigenvalue weighted by molar-refractivity contribution is -0.143. The molecule has 7 nitrogen and oxygen atoms in total. The van der Waals surface area contributed by atoms with Crippen molar-refractivity contribution in [1.29, 1.82) is 0 Å². The number of aromatic nitrogens is 1. The number of fused-ring (bicyclic) bond motifs is 1. The van der Waals surface area contributed by atoms with Gasteiger partial charge in [-0.15, -0.1) is 0 Å². The molecule has 0 radical (unpaired) electrons. The lowest BCUT2D eigenvalue weighted by Crippen LogP contribution is -2.23. The summed E-state index contributed by atoms with van der Waals surface area (Å²) in [6.07, 6.45) is 1.10. The van der Waals surface area contributed by atoms with Gasteiger partial charge in [-0.2, -0.15) is 4.99 Å². The number of amides is 1. The zero-order chi connectivity index (χ0) is 22.1. The van der Waals surface area contributed by atoms with E-state index < -0.39 is 21.7 Å². The topological polar surface area (TPSA) is 94.8 Å². The van der Waals surface area contributed by atoms with Crippen molar-refractivity contribution in [3.8, 4) is 0 Å². The van der Waals surface area contributed by atoms with Gasteiger partial charge < -0.3 is 9.30 Å². The van der Waals surface area contributed by atoms with Crippen LogP contribution in [0.1, 0.15) is 17.3 Å². The molecular weight excluding hydrogens is 471 g/mol. The van der Waals surface area contributed by atoms with Crippen molar-refractivity contribution >= 4 is 66.5 Å². The summed E-state index contributed by atoms with van der Waals surface area (Å²) >= 11 is 13.0. The summed E-state index contributed by atoms with van der Waals surface area (Å²) in [6.45, 7) is 1.70. The number of sulfone groups is 1. The number of ether oxygens (including phenoxy) is 1. The van der Waals surface area contributed by atoms with E-state index in [1.165, 1.54) is 34.9 Å². The Morgan fingerprint density at radius 2 is 1.90 bits per heavy atom. The standard InChI is InChI=1S/C19H16Cl2N2O5S2/c1-3-28-17(24)10-23-15-7-5-12(30(2,26)27)9-16(15)29-19(23)22-18(25)13-6-4-11(20)8-14(13)21/h4-9H,3,10H2,1-2H3. The lowest BCUT2D eigenvalue weighted by Gasteiger charge is -2.06. The summed E-state index contributed by atoms with van der Waals surface area (Å²) < 4.78 is 30.8. The van der Waals surface area contributed by atoms with Crippen molar-refractivity contribution in [2.24, 2.45) is 4.99 Å². The van der Waals surface area contributed by atoms with E-state index in [1.807, 2.05) is 0 Å². The summed E-state index contributed by atoms with van der Waals surface area (Å²) in [5.74, 6) is -1.13. The first-order valence-electron chi connectivity index (χ1n) is 8.63. The third-order valence-corrected chi connectivity index (χ3v) is 6.73. The Hall–Kier alpha value is -2.20. The van der Waals surface area contributed by atoms with Gasteiger partial charge in [-0.25, -0.2) is 8.42 Å². The van der Waals surface area contributed by atoms with Crippen molar-refractivity contribution in [3.63, 3.8) is 0 Å². The average molecular weight is 487 g/mol. The third kappa shape index (κ3) is 4.92. The summed E-state index contributed by atoms with van der Waals surface area (Å²) in [4.78, 5) is 29.2. The van der Waals surface area contributed by atoms with E-state index in [4.69, 9.17) is 27.9 Å². The predicted molar refractivity (Wildman–Crippen MR) is 116 cm³/mol. The minimum Gasteiger partial charge on any atom is -0.465 e. The van der Waals surface area contributed by atoms with Crippen molar-refractivity contribution in [2.45, 2.75) is 18.4 Å². The van der Waals surface area contributed by atoms with E-state index in [1.54, 1.807) is 13.0 Å². The molecule has 0 aliphatic heterocycles. The molecule has 2 aromatic carbocycles. The average Bonchev–Trinajstić information content (AvgIpc) is 2.97. The van der Waals surface area contributed by atoms with Crippen LogP contribution in [0.25, 0.3) is 10.2 Å². The van der Waals surface area contributed by atoms with Gasteiger partial charge in [-0.3, -0.25) is 9.59 Å². The molecule has 0 N–H and O–H groups in total. The fourth-order valence-electron chi connectivity index (χ4n) is 2.67. The van der Waals surface area contributed by atoms with E-state index >= 15 is 0 Å². The molecule has 0 saturated carbocycles. The van der Waals surface area contributed by atoms with E-state index in [9.17, 15) is 18.0 Å². The smallest absolute Gasteiger partial charge is 0.326 e. The Labute approximate surface area is 186 Å². The summed E-state index contributed by atoms with van der Waals surface area (Å²) in [5.41, 5.74) is 0.701. The summed E-state index contributed by atoms with van der Waals surface area (Å²) in [5, 5.41) is 0.526. The summed E-state index contributed by atoms with van der Waals surface area (Å²) in [7, 11) is -3.43. The Morgan fingerprint density at radius 1 is 1.17 bits per heavy atom. The number of halogens is 2. The number of nitrogens with zero attached hydrogens (tertiary/aromatic N) is 2. The quantitative estimate of drug-likeness (QED) is 0.512. The second-order valence-electron chi connectivity index (χ2n) is 6.22. The number of esters is 1. The zero-order valence-corrected chi connectivity index (χ0v) is 19.0. The van der Waals surface area contributed by atoms with Crippen molar-refractivity contribution < 1.29 is 22.7 Å². The Morgan fingerprint density at radius 3 is 2.53 bits per heavy atom. The Balaban J connectivity index is 2.18. The van der Waals surface area contributed by atoms with Crippen LogP contribution in [0.4, 0.5) is 0 Å². The van der Waals surface area contributed by atoms with Crippen molar-refractivity contribution in [1.82, 2.24) is 4.57 Å². The maximum atomic E-state index is 12.7. The maximum Gasteiger partial charge on any atom is 0.326 e. The highest BCUT2D eigenvalue weighted by Gasteiger charge is 2.16. The van der Waals surface area contributed by atoms with Crippen LogP contribution in [-0.2, 0) is 25.9 Å². The van der Waals surface area contributed by atoms with Crippen molar-refractivity contribution in [2.75, 3.05) is 12.9 Å². The molecule has 0 bridgehead atoms. The van der Waals surface area contributed by atoms with Gasteiger partial charge in [0, 0.05) is 11.3 Å². The second kappa shape index (κ2) is 8.89. The third-order valence-electron chi connectivity index (χ3n) is 4.03. The van der Waals surface area contributed by atoms with E-state index in [-0.39, 0.29) is 33.4 Å². The first-order chi connectivity index (χ1) is 14.1. The van der Waals surface area contributed by atoms with Gasteiger partial charge in [0.2, 0.25) is 0 Å². The van der Waals surface area contributed by atoms with Gasteiger partial charge in [-0.05, 0) is 43.3 Å². The maximum absolute atomic E-state index is 12.7. The molecule has 0 atom stereocenters. The number of hydrogen-bond acceptors (Lipinski definition) is 6. The zero-order valence-electron chi connectivity index (χ0n) is 15.9. The molecule has 0 aliphatic carbocycles. The van der Waals surface area contributed by atoms with Gasteiger partial charge in [0.05, 0.1) is 32.3 Å². The number of carbonyl (C=O) groups excluding carboxylic acids is 2. The highest BCUT2D eigenvalue weighted by molar-refractivity contribution is 7.90. The molecule has 0 fully saturated rings. The van der Waals surface area contributed by atoms with Crippen LogP contribution in [0, 0.1) is 0 Å². The van der Waals surface area contributed by atoms with Crippen LogP contribution in [0.5, 0.6) is 0 Å². The number of thiazole rings is 1. The molecule has 0 spiro atoms. The highest BCUT2D eigenvalue weighted by Crippen LogP contribution is 2.24. The minimum atomic E-state index is -3.43. The van der Waals surface area contributed by atoms with Crippen LogP contribution < -0.4 is 4.80 Å². The molecule has 0 saturated heterocycles.